The maximum Gasteiger partial charge on any atom is 0.265 e. The van der Waals surface area contributed by atoms with E-state index in [-0.39, 0.29) is 16.3 Å². The molecule has 32 heavy (non-hydrogen) atoms. The van der Waals surface area contributed by atoms with Crippen molar-refractivity contribution in [3.8, 4) is 11.8 Å². The van der Waals surface area contributed by atoms with Crippen molar-refractivity contribution >= 4 is 38.9 Å². The lowest BCUT2D eigenvalue weighted by Crippen LogP contribution is -2.46. The van der Waals surface area contributed by atoms with Crippen molar-refractivity contribution in [1.82, 2.24) is 0 Å². The number of nitriles is 1. The van der Waals surface area contributed by atoms with Crippen molar-refractivity contribution in [3.63, 3.8) is 0 Å². The summed E-state index contributed by atoms with van der Waals surface area (Å²) < 4.78 is 33.6. The minimum Gasteiger partial charge on any atom is -0.495 e. The van der Waals surface area contributed by atoms with Gasteiger partial charge in [-0.2, -0.15) is 5.26 Å². The van der Waals surface area contributed by atoms with Crippen LogP contribution in [-0.4, -0.2) is 27.5 Å². The Morgan fingerprint density at radius 3 is 2.44 bits per heavy atom. The highest BCUT2D eigenvalue weighted by molar-refractivity contribution is 7.93. The highest BCUT2D eigenvalue weighted by Gasteiger charge is 2.35. The summed E-state index contributed by atoms with van der Waals surface area (Å²) in [6.07, 6.45) is 0. The minimum atomic E-state index is -4.17. The Morgan fingerprint density at radius 2 is 1.78 bits per heavy atom. The zero-order valence-electron chi connectivity index (χ0n) is 17.3. The van der Waals surface area contributed by atoms with Gasteiger partial charge in [-0.05, 0) is 61.5 Å². The number of para-hydroxylation sites is 2. The summed E-state index contributed by atoms with van der Waals surface area (Å²) in [5, 5.41) is 12.1. The van der Waals surface area contributed by atoms with E-state index in [1.165, 1.54) is 44.4 Å². The van der Waals surface area contributed by atoms with E-state index in [2.05, 4.69) is 5.32 Å². The Kier molecular flexibility index (Phi) is 7.03. The smallest absolute Gasteiger partial charge is 0.265 e. The zero-order valence-corrected chi connectivity index (χ0v) is 18.9. The molecule has 3 aromatic carbocycles. The van der Waals surface area contributed by atoms with Crippen molar-refractivity contribution in [3.05, 3.63) is 83.4 Å². The van der Waals surface area contributed by atoms with Crippen LogP contribution in [0.1, 0.15) is 12.5 Å². The molecule has 0 spiro atoms. The molecule has 0 fully saturated rings. The lowest BCUT2D eigenvalue weighted by molar-refractivity contribution is -0.116. The first-order chi connectivity index (χ1) is 15.3. The van der Waals surface area contributed by atoms with Crippen LogP contribution in [0, 0.1) is 11.3 Å². The van der Waals surface area contributed by atoms with Crippen LogP contribution in [0.25, 0.3) is 0 Å². The van der Waals surface area contributed by atoms with E-state index >= 15 is 0 Å². The number of rotatable bonds is 7. The summed E-state index contributed by atoms with van der Waals surface area (Å²) in [5.74, 6) is -0.292. The van der Waals surface area contributed by atoms with Crippen LogP contribution in [0.2, 0.25) is 5.02 Å². The Balaban J connectivity index is 2.06. The molecule has 0 heterocycles. The molecule has 0 radical (unpaired) electrons. The van der Waals surface area contributed by atoms with E-state index in [0.717, 1.165) is 4.31 Å². The van der Waals surface area contributed by atoms with Gasteiger partial charge in [0.15, 0.2) is 0 Å². The Morgan fingerprint density at radius 1 is 1.09 bits per heavy atom. The third kappa shape index (κ3) is 4.85. The fourth-order valence-electron chi connectivity index (χ4n) is 3.10. The van der Waals surface area contributed by atoms with Gasteiger partial charge >= 0.3 is 0 Å². The van der Waals surface area contributed by atoms with Gasteiger partial charge < -0.3 is 10.1 Å². The molecule has 0 bridgehead atoms. The second-order valence-electron chi connectivity index (χ2n) is 6.78. The molecular formula is C23H20ClN3O4S. The van der Waals surface area contributed by atoms with Crippen LogP contribution >= 0.6 is 11.6 Å². The van der Waals surface area contributed by atoms with Crippen molar-refractivity contribution in [2.45, 2.75) is 17.9 Å². The summed E-state index contributed by atoms with van der Waals surface area (Å²) in [7, 11) is -2.75. The van der Waals surface area contributed by atoms with Crippen LogP contribution in [0.15, 0.2) is 77.7 Å². The van der Waals surface area contributed by atoms with Gasteiger partial charge in [0, 0.05) is 10.7 Å². The quantitative estimate of drug-likeness (QED) is 0.551. The number of benzene rings is 3. The van der Waals surface area contributed by atoms with Gasteiger partial charge in [-0.15, -0.1) is 0 Å². The highest BCUT2D eigenvalue weighted by Crippen LogP contribution is 2.34. The van der Waals surface area contributed by atoms with Crippen LogP contribution in [0.4, 0.5) is 11.4 Å². The molecule has 3 aromatic rings. The summed E-state index contributed by atoms with van der Waals surface area (Å²) >= 11 is 5.92. The molecule has 0 unspecified atom stereocenters. The Bertz CT molecular complexity index is 1270. The number of carbonyl (C=O) groups is 1. The van der Waals surface area contributed by atoms with Crippen molar-refractivity contribution in [1.29, 1.82) is 5.26 Å². The van der Waals surface area contributed by atoms with Crippen molar-refractivity contribution < 1.29 is 17.9 Å². The Hall–Kier alpha value is -3.54. The summed E-state index contributed by atoms with van der Waals surface area (Å²) in [6, 6.07) is 19.4. The van der Waals surface area contributed by atoms with E-state index in [1.807, 2.05) is 6.07 Å². The van der Waals surface area contributed by atoms with E-state index < -0.39 is 22.0 Å². The largest absolute Gasteiger partial charge is 0.495 e. The first-order valence-electron chi connectivity index (χ1n) is 9.52. The second-order valence-corrected chi connectivity index (χ2v) is 9.04. The standard InChI is InChI=1S/C23H20ClN3O4S/c1-16(23(28)26-19-7-5-6-17(14-19)15-25)27(21-8-3-4-9-22(21)31-2)32(29,30)20-12-10-18(24)11-13-20/h3-14,16H,1-2H3,(H,26,28)/t16-/m0/s1. The maximum absolute atomic E-state index is 13.6. The molecule has 0 aliphatic heterocycles. The molecule has 9 heteroatoms. The van der Waals surface area contributed by atoms with Gasteiger partial charge in [-0.3, -0.25) is 9.10 Å². The average Bonchev–Trinajstić information content (AvgIpc) is 2.79. The zero-order chi connectivity index (χ0) is 23.3. The fraction of sp³-hybridized carbons (Fsp3) is 0.130. The van der Waals surface area contributed by atoms with Gasteiger partial charge in [-0.25, -0.2) is 8.42 Å². The molecule has 3 rings (SSSR count). The van der Waals surface area contributed by atoms with Crippen molar-refractivity contribution in [2.75, 3.05) is 16.7 Å². The lowest BCUT2D eigenvalue weighted by atomic mass is 10.2. The molecule has 1 atom stereocenters. The SMILES string of the molecule is COc1ccccc1N([C@@H](C)C(=O)Nc1cccc(C#N)c1)S(=O)(=O)c1ccc(Cl)cc1. The lowest BCUT2D eigenvalue weighted by Gasteiger charge is -2.30. The third-order valence-electron chi connectivity index (χ3n) is 4.68. The summed E-state index contributed by atoms with van der Waals surface area (Å²) in [6.45, 7) is 1.48. The number of ether oxygens (including phenoxy) is 1. The molecule has 0 aromatic heterocycles. The van der Waals surface area contributed by atoms with Crippen LogP contribution in [0.3, 0.4) is 0 Å². The predicted octanol–water partition coefficient (Wildman–Crippen LogP) is 4.44. The average molecular weight is 470 g/mol. The highest BCUT2D eigenvalue weighted by atomic mass is 35.5. The number of sulfonamides is 1. The summed E-state index contributed by atoms with van der Waals surface area (Å²) in [4.78, 5) is 13.1. The van der Waals surface area contributed by atoms with Crippen LogP contribution in [0.5, 0.6) is 5.75 Å². The van der Waals surface area contributed by atoms with Crippen LogP contribution in [-0.2, 0) is 14.8 Å². The molecule has 0 aliphatic rings. The van der Waals surface area contributed by atoms with Gasteiger partial charge in [0.2, 0.25) is 5.91 Å². The molecule has 7 nitrogen and oxygen atoms in total. The monoisotopic (exact) mass is 469 g/mol. The second kappa shape index (κ2) is 9.73. The number of hydrogen-bond donors (Lipinski definition) is 1. The molecule has 0 saturated heterocycles. The van der Waals surface area contributed by atoms with Crippen LogP contribution < -0.4 is 14.4 Å². The van der Waals surface area contributed by atoms with E-state index in [1.54, 1.807) is 42.5 Å². The number of nitrogens with zero attached hydrogens (tertiary/aromatic N) is 2. The number of anilines is 2. The maximum atomic E-state index is 13.6. The number of carbonyl (C=O) groups excluding carboxylic acids is 1. The van der Waals surface area contributed by atoms with Gasteiger partial charge in [-0.1, -0.05) is 29.8 Å². The number of halogens is 1. The van der Waals surface area contributed by atoms with E-state index in [9.17, 15) is 13.2 Å². The first-order valence-corrected chi connectivity index (χ1v) is 11.3. The van der Waals surface area contributed by atoms with E-state index in [0.29, 0.717) is 16.3 Å². The number of nitrogens with one attached hydrogen (secondary N) is 1. The molecule has 0 aliphatic carbocycles. The topological polar surface area (TPSA) is 99.5 Å². The number of hydrogen-bond acceptors (Lipinski definition) is 5. The molecular weight excluding hydrogens is 450 g/mol. The molecule has 1 N–H and O–H groups in total. The fourth-order valence-corrected chi connectivity index (χ4v) is 4.85. The Labute approximate surface area is 191 Å². The number of amides is 1. The molecule has 0 saturated carbocycles. The molecule has 1 amide bonds. The number of methoxy groups -OCH3 is 1. The molecule has 164 valence electrons. The summed E-state index contributed by atoms with van der Waals surface area (Å²) in [5.41, 5.74) is 0.953. The third-order valence-corrected chi connectivity index (χ3v) is 6.83. The van der Waals surface area contributed by atoms with Gasteiger partial charge in [0.25, 0.3) is 10.0 Å². The normalized spacial score (nSPS) is 11.8. The van der Waals surface area contributed by atoms with E-state index in [4.69, 9.17) is 21.6 Å². The van der Waals surface area contributed by atoms with Gasteiger partial charge in [0.1, 0.15) is 11.8 Å². The minimum absolute atomic E-state index is 0.0288. The predicted molar refractivity (Wildman–Crippen MR) is 123 cm³/mol. The van der Waals surface area contributed by atoms with Crippen molar-refractivity contribution in [2.24, 2.45) is 0 Å². The van der Waals surface area contributed by atoms with Gasteiger partial charge in [0.05, 0.1) is 29.3 Å². The first kappa shape index (κ1) is 23.1.